The average molecular weight is 461 g/mol. The number of hydrogen-bond donors (Lipinski definition) is 2. The molecule has 1 unspecified atom stereocenters. The molecule has 0 bridgehead atoms. The summed E-state index contributed by atoms with van der Waals surface area (Å²) in [5, 5.41) is 6.68. The van der Waals surface area contributed by atoms with Crippen LogP contribution in [0.1, 0.15) is 32.3 Å². The second kappa shape index (κ2) is 11.1. The summed E-state index contributed by atoms with van der Waals surface area (Å²) in [4.78, 5) is 22.4. The minimum absolute atomic E-state index is 0. The number of halogens is 1. The third-order valence-electron chi connectivity index (χ3n) is 3.96. The van der Waals surface area contributed by atoms with E-state index in [2.05, 4.69) is 20.6 Å². The summed E-state index contributed by atoms with van der Waals surface area (Å²) in [6.45, 7) is 6.81. The van der Waals surface area contributed by atoms with E-state index in [1.165, 1.54) is 0 Å². The van der Waals surface area contributed by atoms with Crippen LogP contribution < -0.4 is 15.4 Å². The average Bonchev–Trinajstić information content (AvgIpc) is 3.08. The van der Waals surface area contributed by atoms with Gasteiger partial charge in [0.2, 0.25) is 11.8 Å². The molecule has 1 atom stereocenters. The van der Waals surface area contributed by atoms with Crippen molar-refractivity contribution >= 4 is 35.8 Å². The van der Waals surface area contributed by atoms with Gasteiger partial charge in [-0.3, -0.25) is 4.79 Å². The molecule has 0 radical (unpaired) electrons. The molecule has 1 saturated heterocycles. The Morgan fingerprint density at radius 1 is 1.48 bits per heavy atom. The van der Waals surface area contributed by atoms with Crippen molar-refractivity contribution in [1.82, 2.24) is 20.5 Å². The number of pyridine rings is 1. The van der Waals surface area contributed by atoms with Crippen molar-refractivity contribution in [3.63, 3.8) is 0 Å². The Morgan fingerprint density at radius 3 is 2.96 bits per heavy atom. The van der Waals surface area contributed by atoms with Crippen molar-refractivity contribution < 1.29 is 9.53 Å². The maximum absolute atomic E-state index is 11.8. The highest BCUT2D eigenvalue weighted by atomic mass is 127. The van der Waals surface area contributed by atoms with E-state index >= 15 is 0 Å². The number of rotatable bonds is 6. The first-order valence-corrected chi connectivity index (χ1v) is 8.47. The lowest BCUT2D eigenvalue weighted by atomic mass is 10.2. The maximum atomic E-state index is 11.8. The minimum atomic E-state index is 0. The molecule has 8 heteroatoms. The SMILES string of the molecule is CCNC(=NCc1ccnc(OC)c1)NC1CCN(C(=O)CC)C1.I. The Labute approximate surface area is 166 Å². The number of nitrogens with one attached hydrogen (secondary N) is 2. The molecular weight excluding hydrogens is 433 g/mol. The number of nitrogens with zero attached hydrogens (tertiary/aromatic N) is 3. The first-order valence-electron chi connectivity index (χ1n) is 8.47. The van der Waals surface area contributed by atoms with Crippen molar-refractivity contribution in [2.45, 2.75) is 39.3 Å². The lowest BCUT2D eigenvalue weighted by Gasteiger charge is -2.18. The molecule has 7 nitrogen and oxygen atoms in total. The number of ether oxygens (including phenoxy) is 1. The first-order chi connectivity index (χ1) is 11.7. The third-order valence-corrected chi connectivity index (χ3v) is 3.96. The van der Waals surface area contributed by atoms with Crippen molar-refractivity contribution in [2.24, 2.45) is 4.99 Å². The van der Waals surface area contributed by atoms with Crippen LogP contribution in [0.4, 0.5) is 0 Å². The van der Waals surface area contributed by atoms with Crippen LogP contribution in [0.25, 0.3) is 0 Å². The molecule has 2 heterocycles. The normalized spacial score (nSPS) is 17.0. The molecule has 0 aromatic carbocycles. The predicted octanol–water partition coefficient (Wildman–Crippen LogP) is 1.77. The van der Waals surface area contributed by atoms with Crippen LogP contribution in [0, 0.1) is 0 Å². The van der Waals surface area contributed by atoms with Crippen molar-refractivity contribution in [3.8, 4) is 5.88 Å². The van der Waals surface area contributed by atoms with Gasteiger partial charge in [-0.25, -0.2) is 9.98 Å². The highest BCUT2D eigenvalue weighted by Crippen LogP contribution is 2.11. The molecule has 2 N–H and O–H groups in total. The molecule has 1 amide bonds. The van der Waals surface area contributed by atoms with E-state index in [1.807, 2.05) is 30.9 Å². The van der Waals surface area contributed by atoms with E-state index in [0.29, 0.717) is 18.8 Å². The topological polar surface area (TPSA) is 78.9 Å². The fraction of sp³-hybridized carbons (Fsp3) is 0.588. The third kappa shape index (κ3) is 6.68. The van der Waals surface area contributed by atoms with Gasteiger partial charge < -0.3 is 20.3 Å². The van der Waals surface area contributed by atoms with Crippen molar-refractivity contribution in [1.29, 1.82) is 0 Å². The van der Waals surface area contributed by atoms with Crippen LogP contribution in [-0.4, -0.2) is 54.5 Å². The number of hydrogen-bond acceptors (Lipinski definition) is 4. The number of carbonyl (C=O) groups excluding carboxylic acids is 1. The summed E-state index contributed by atoms with van der Waals surface area (Å²) in [5.41, 5.74) is 1.04. The van der Waals surface area contributed by atoms with E-state index < -0.39 is 0 Å². The molecular formula is C17H28IN5O2. The molecule has 0 saturated carbocycles. The summed E-state index contributed by atoms with van der Waals surface area (Å²) >= 11 is 0. The number of carbonyl (C=O) groups is 1. The van der Waals surface area contributed by atoms with Gasteiger partial charge in [0.15, 0.2) is 5.96 Å². The lowest BCUT2D eigenvalue weighted by molar-refractivity contribution is -0.129. The summed E-state index contributed by atoms with van der Waals surface area (Å²) in [6.07, 6.45) is 3.22. The first kappa shape index (κ1) is 21.5. The molecule has 1 aromatic rings. The number of methoxy groups -OCH3 is 1. The fourth-order valence-corrected chi connectivity index (χ4v) is 2.67. The number of likely N-dealkylation sites (tertiary alicyclic amines) is 1. The molecule has 140 valence electrons. The van der Waals surface area contributed by atoms with E-state index in [9.17, 15) is 4.79 Å². The maximum Gasteiger partial charge on any atom is 0.222 e. The van der Waals surface area contributed by atoms with Gasteiger partial charge in [-0.2, -0.15) is 0 Å². The molecule has 2 rings (SSSR count). The molecule has 25 heavy (non-hydrogen) atoms. The molecule has 1 fully saturated rings. The van der Waals surface area contributed by atoms with Crippen LogP contribution >= 0.6 is 24.0 Å². The molecule has 1 aliphatic heterocycles. The number of aliphatic imine (C=N–C) groups is 1. The van der Waals surface area contributed by atoms with Crippen LogP contribution in [-0.2, 0) is 11.3 Å². The molecule has 0 spiro atoms. The van der Waals surface area contributed by atoms with E-state index in [4.69, 9.17) is 4.74 Å². The zero-order chi connectivity index (χ0) is 17.4. The lowest BCUT2D eigenvalue weighted by Crippen LogP contribution is -2.45. The van der Waals surface area contributed by atoms with Gasteiger partial charge in [0.05, 0.1) is 13.7 Å². The number of guanidine groups is 1. The van der Waals surface area contributed by atoms with Crippen molar-refractivity contribution in [3.05, 3.63) is 23.9 Å². The Hall–Kier alpha value is -1.58. The largest absolute Gasteiger partial charge is 0.481 e. The standard InChI is InChI=1S/C17H27N5O2.HI/c1-4-16(23)22-9-7-14(12-22)21-17(18-5-2)20-11-13-6-8-19-15(10-13)24-3;/h6,8,10,14H,4-5,7,9,11-12H2,1-3H3,(H2,18,20,21);1H. The number of amides is 1. The summed E-state index contributed by atoms with van der Waals surface area (Å²) in [7, 11) is 1.60. The van der Waals surface area contributed by atoms with E-state index in [1.54, 1.807) is 13.3 Å². The van der Waals surface area contributed by atoms with Gasteiger partial charge in [-0.05, 0) is 25.0 Å². The molecule has 1 aromatic heterocycles. The Morgan fingerprint density at radius 2 is 2.28 bits per heavy atom. The van der Waals surface area contributed by atoms with Gasteiger partial charge in [0.1, 0.15) is 0 Å². The molecule has 1 aliphatic rings. The Kier molecular flexibility index (Phi) is 9.54. The predicted molar refractivity (Wildman–Crippen MR) is 109 cm³/mol. The van der Waals surface area contributed by atoms with Crippen LogP contribution in [0.3, 0.4) is 0 Å². The summed E-state index contributed by atoms with van der Waals surface area (Å²) in [5.74, 6) is 1.57. The van der Waals surface area contributed by atoms with E-state index in [0.717, 1.165) is 37.6 Å². The number of aromatic nitrogens is 1. The second-order valence-corrected chi connectivity index (χ2v) is 5.72. The summed E-state index contributed by atoms with van der Waals surface area (Å²) in [6, 6.07) is 4.04. The quantitative estimate of drug-likeness (QED) is 0.384. The zero-order valence-corrected chi connectivity index (χ0v) is 17.4. The smallest absolute Gasteiger partial charge is 0.222 e. The Bertz CT molecular complexity index is 582. The van der Waals surface area contributed by atoms with Gasteiger partial charge in [-0.1, -0.05) is 6.92 Å². The zero-order valence-electron chi connectivity index (χ0n) is 15.1. The Balaban J connectivity index is 0.00000312. The van der Waals surface area contributed by atoms with Crippen LogP contribution in [0.15, 0.2) is 23.3 Å². The molecule has 0 aliphatic carbocycles. The second-order valence-electron chi connectivity index (χ2n) is 5.72. The van der Waals surface area contributed by atoms with Gasteiger partial charge in [0, 0.05) is 44.4 Å². The van der Waals surface area contributed by atoms with Gasteiger partial charge in [-0.15, -0.1) is 24.0 Å². The van der Waals surface area contributed by atoms with Crippen molar-refractivity contribution in [2.75, 3.05) is 26.7 Å². The fourth-order valence-electron chi connectivity index (χ4n) is 2.67. The van der Waals surface area contributed by atoms with Gasteiger partial charge >= 0.3 is 0 Å². The van der Waals surface area contributed by atoms with Crippen LogP contribution in [0.2, 0.25) is 0 Å². The highest BCUT2D eigenvalue weighted by molar-refractivity contribution is 14.0. The van der Waals surface area contributed by atoms with Gasteiger partial charge in [0.25, 0.3) is 0 Å². The van der Waals surface area contributed by atoms with Crippen LogP contribution in [0.5, 0.6) is 5.88 Å². The van der Waals surface area contributed by atoms with E-state index in [-0.39, 0.29) is 35.9 Å². The summed E-state index contributed by atoms with van der Waals surface area (Å²) < 4.78 is 5.13. The monoisotopic (exact) mass is 461 g/mol. The minimum Gasteiger partial charge on any atom is -0.481 e. The highest BCUT2D eigenvalue weighted by Gasteiger charge is 2.25.